The van der Waals surface area contributed by atoms with E-state index in [1.165, 1.54) is 14.2 Å². The summed E-state index contributed by atoms with van der Waals surface area (Å²) in [6, 6.07) is 7.87. The second-order valence-corrected chi connectivity index (χ2v) is 4.22. The number of pyridine rings is 1. The number of para-hydroxylation sites is 2. The van der Waals surface area contributed by atoms with Crippen molar-refractivity contribution >= 4 is 23.0 Å². The number of methoxy groups -OCH3 is 2. The van der Waals surface area contributed by atoms with Gasteiger partial charge in [-0.3, -0.25) is 0 Å². The van der Waals surface area contributed by atoms with Crippen molar-refractivity contribution in [2.45, 2.75) is 0 Å². The van der Waals surface area contributed by atoms with Gasteiger partial charge in [0.05, 0.1) is 19.9 Å². The number of nitrogens with zero attached hydrogens (tertiary/aromatic N) is 3. The molecule has 0 unspecified atom stereocenters. The van der Waals surface area contributed by atoms with E-state index in [-0.39, 0.29) is 11.4 Å². The van der Waals surface area contributed by atoms with E-state index in [2.05, 4.69) is 10.3 Å². The molecule has 120 valence electrons. The summed E-state index contributed by atoms with van der Waals surface area (Å²) in [6.45, 7) is 0. The highest BCUT2D eigenvalue weighted by Gasteiger charge is 2.27. The van der Waals surface area contributed by atoms with Gasteiger partial charge in [-0.25, -0.2) is 0 Å². The quantitative estimate of drug-likeness (QED) is 0.635. The zero-order valence-electron chi connectivity index (χ0n) is 12.2. The second-order valence-electron chi connectivity index (χ2n) is 4.22. The van der Waals surface area contributed by atoms with E-state index in [9.17, 15) is 20.2 Å². The molecule has 10 heteroatoms. The molecule has 0 spiro atoms. The van der Waals surface area contributed by atoms with Gasteiger partial charge in [0.25, 0.3) is 0 Å². The molecular weight excluding hydrogens is 308 g/mol. The van der Waals surface area contributed by atoms with Crippen molar-refractivity contribution in [2.75, 3.05) is 19.5 Å². The van der Waals surface area contributed by atoms with Crippen LogP contribution in [-0.4, -0.2) is 29.1 Å². The van der Waals surface area contributed by atoms with E-state index in [1.807, 2.05) is 0 Å². The molecule has 2 aromatic rings. The van der Waals surface area contributed by atoms with Gasteiger partial charge in [0, 0.05) is 11.1 Å². The lowest BCUT2D eigenvalue weighted by atomic mass is 10.2. The Hall–Kier alpha value is -3.43. The van der Waals surface area contributed by atoms with E-state index in [1.54, 1.807) is 24.3 Å². The van der Waals surface area contributed by atoms with Gasteiger partial charge in [0.2, 0.25) is 5.75 Å². The largest absolute Gasteiger partial charge is 0.495 e. The molecule has 1 N–H and O–H groups in total. The van der Waals surface area contributed by atoms with Crippen molar-refractivity contribution in [3.05, 3.63) is 50.6 Å². The van der Waals surface area contributed by atoms with Crippen LogP contribution in [-0.2, 0) is 0 Å². The second kappa shape index (κ2) is 6.56. The minimum atomic E-state index is -0.848. The van der Waals surface area contributed by atoms with Crippen LogP contribution in [0.5, 0.6) is 11.5 Å². The van der Waals surface area contributed by atoms with Crippen LogP contribution in [0.25, 0.3) is 0 Å². The fourth-order valence-electron chi connectivity index (χ4n) is 1.88. The van der Waals surface area contributed by atoms with Crippen molar-refractivity contribution in [1.82, 2.24) is 4.98 Å². The van der Waals surface area contributed by atoms with Gasteiger partial charge in [-0.05, 0) is 22.0 Å². The zero-order chi connectivity index (χ0) is 17.0. The molecule has 0 amide bonds. The number of benzene rings is 1. The minimum absolute atomic E-state index is 0.0537. The summed E-state index contributed by atoms with van der Waals surface area (Å²) in [5.74, 6) is -1.18. The van der Waals surface area contributed by atoms with Gasteiger partial charge < -0.3 is 35.0 Å². The summed E-state index contributed by atoms with van der Waals surface area (Å²) in [7, 11) is 2.66. The third kappa shape index (κ3) is 3.26. The lowest BCUT2D eigenvalue weighted by Crippen LogP contribution is -2.05. The van der Waals surface area contributed by atoms with E-state index in [0.717, 1.165) is 6.07 Å². The molecule has 1 aromatic carbocycles. The summed E-state index contributed by atoms with van der Waals surface area (Å²) in [4.78, 5) is 23.9. The summed E-state index contributed by atoms with van der Waals surface area (Å²) in [5.41, 5.74) is 0.387. The predicted octanol–water partition coefficient (Wildman–Crippen LogP) is 2.66. The first-order chi connectivity index (χ1) is 11.0. The molecule has 0 saturated carbocycles. The number of anilines is 2. The van der Waals surface area contributed by atoms with Crippen molar-refractivity contribution in [1.29, 1.82) is 0 Å². The predicted molar refractivity (Wildman–Crippen MR) is 80.4 cm³/mol. The summed E-state index contributed by atoms with van der Waals surface area (Å²) in [5, 5.41) is 24.9. The maximum absolute atomic E-state index is 11.1. The van der Waals surface area contributed by atoms with Crippen molar-refractivity contribution in [2.24, 2.45) is 0 Å². The van der Waals surface area contributed by atoms with Gasteiger partial charge >= 0.3 is 11.6 Å². The summed E-state index contributed by atoms with van der Waals surface area (Å²) >= 11 is 0. The number of hydrogen-bond donors (Lipinski definition) is 1. The first-order valence-electron chi connectivity index (χ1n) is 6.25. The topological polar surface area (TPSA) is 130 Å². The molecule has 0 saturated heterocycles. The van der Waals surface area contributed by atoms with Gasteiger partial charge in [0.15, 0.2) is 0 Å². The van der Waals surface area contributed by atoms with Crippen LogP contribution in [0.15, 0.2) is 30.3 Å². The van der Waals surface area contributed by atoms with Crippen molar-refractivity contribution < 1.29 is 19.3 Å². The third-order valence-electron chi connectivity index (χ3n) is 2.89. The molecular formula is C13H12N4O6. The molecule has 0 atom stereocenters. The minimum Gasteiger partial charge on any atom is -0.495 e. The Morgan fingerprint density at radius 1 is 0.957 bits per heavy atom. The van der Waals surface area contributed by atoms with Gasteiger partial charge in [-0.15, -0.1) is 0 Å². The number of nitrogens with one attached hydrogen (secondary N) is 1. The standard InChI is InChI=1S/C13H12N4O6/c1-22-10-6-4-3-5-8(10)14-9-7-11(23-2)13(17(20)21)15-12(9)16(18)19/h3-7,14H,1-2H3. The Kier molecular flexibility index (Phi) is 4.55. The third-order valence-corrected chi connectivity index (χ3v) is 2.89. The average Bonchev–Trinajstić information content (AvgIpc) is 2.54. The molecule has 0 aliphatic carbocycles. The van der Waals surface area contributed by atoms with Crippen LogP contribution < -0.4 is 14.8 Å². The molecule has 0 fully saturated rings. The molecule has 1 aromatic heterocycles. The lowest BCUT2D eigenvalue weighted by molar-refractivity contribution is -0.403. The highest BCUT2D eigenvalue weighted by atomic mass is 16.6. The van der Waals surface area contributed by atoms with E-state index in [0.29, 0.717) is 11.4 Å². The molecule has 0 aliphatic rings. The Labute approximate surface area is 130 Å². The van der Waals surface area contributed by atoms with Crippen molar-refractivity contribution in [3.63, 3.8) is 0 Å². The van der Waals surface area contributed by atoms with Crippen LogP contribution in [0, 0.1) is 20.2 Å². The van der Waals surface area contributed by atoms with Crippen LogP contribution in [0.2, 0.25) is 0 Å². The lowest BCUT2D eigenvalue weighted by Gasteiger charge is -2.12. The van der Waals surface area contributed by atoms with Crippen LogP contribution >= 0.6 is 0 Å². The zero-order valence-corrected chi connectivity index (χ0v) is 12.2. The van der Waals surface area contributed by atoms with Crippen molar-refractivity contribution in [3.8, 4) is 11.5 Å². The SMILES string of the molecule is COc1ccccc1Nc1cc(OC)c([N+](=O)[O-])nc1[N+](=O)[O-]. The van der Waals surface area contributed by atoms with E-state index in [4.69, 9.17) is 9.47 Å². The molecule has 0 radical (unpaired) electrons. The number of hydrogen-bond acceptors (Lipinski definition) is 8. The van der Waals surface area contributed by atoms with E-state index < -0.39 is 21.5 Å². The van der Waals surface area contributed by atoms with E-state index >= 15 is 0 Å². The Bertz CT molecular complexity index is 764. The maximum Gasteiger partial charge on any atom is 0.410 e. The molecule has 1 heterocycles. The summed E-state index contributed by atoms with van der Waals surface area (Å²) < 4.78 is 10.0. The first-order valence-corrected chi connectivity index (χ1v) is 6.25. The van der Waals surface area contributed by atoms with Gasteiger partial charge in [-0.1, -0.05) is 12.1 Å². The molecule has 0 aliphatic heterocycles. The maximum atomic E-state index is 11.1. The normalized spacial score (nSPS) is 10.0. The van der Waals surface area contributed by atoms with Gasteiger partial charge in [-0.2, -0.15) is 0 Å². The first kappa shape index (κ1) is 15.9. The smallest absolute Gasteiger partial charge is 0.410 e. The van der Waals surface area contributed by atoms with Gasteiger partial charge in [0.1, 0.15) is 11.4 Å². The molecule has 2 rings (SSSR count). The Morgan fingerprint density at radius 2 is 1.57 bits per heavy atom. The fraction of sp³-hybridized carbons (Fsp3) is 0.154. The summed E-state index contributed by atoms with van der Waals surface area (Å²) in [6.07, 6.45) is 0. The van der Waals surface area contributed by atoms with Crippen LogP contribution in [0.3, 0.4) is 0 Å². The van der Waals surface area contributed by atoms with Crippen LogP contribution in [0.4, 0.5) is 23.0 Å². The highest BCUT2D eigenvalue weighted by molar-refractivity contribution is 5.73. The molecule has 10 nitrogen and oxygen atoms in total. The fourth-order valence-corrected chi connectivity index (χ4v) is 1.88. The number of nitro groups is 2. The van der Waals surface area contributed by atoms with Crippen LogP contribution in [0.1, 0.15) is 0 Å². The average molecular weight is 320 g/mol. The number of rotatable bonds is 6. The highest BCUT2D eigenvalue weighted by Crippen LogP contribution is 2.37. The molecule has 0 bridgehead atoms. The Morgan fingerprint density at radius 3 is 2.13 bits per heavy atom. The number of aromatic nitrogens is 1. The molecule has 23 heavy (non-hydrogen) atoms. The monoisotopic (exact) mass is 320 g/mol. The Balaban J connectivity index is 2.56. The number of ether oxygens (including phenoxy) is 2.